The largest absolute Gasteiger partial charge is 0.356 e. The highest BCUT2D eigenvalue weighted by Crippen LogP contribution is 1.97. The summed E-state index contributed by atoms with van der Waals surface area (Å²) in [6, 6.07) is 0. The minimum atomic E-state index is -0.0277. The first-order valence-corrected chi connectivity index (χ1v) is 5.74. The predicted octanol–water partition coefficient (Wildman–Crippen LogP) is -0.126. The molecule has 0 saturated heterocycles. The molecule has 0 aliphatic carbocycles. The Balaban J connectivity index is 3.43. The molecule has 0 atom stereocenters. The Morgan fingerprint density at radius 3 is 2.19 bits per heavy atom. The summed E-state index contributed by atoms with van der Waals surface area (Å²) < 4.78 is 0. The Morgan fingerprint density at radius 2 is 1.62 bits per heavy atom. The molecule has 0 bridgehead atoms. The molecule has 0 aromatic carbocycles. The molecule has 0 aromatic rings. The third-order valence-electron chi connectivity index (χ3n) is 1.97. The predicted molar refractivity (Wildman–Crippen MR) is 64.0 cm³/mol. The van der Waals surface area contributed by atoms with Crippen molar-refractivity contribution in [2.75, 3.05) is 26.7 Å². The molecule has 3 N–H and O–H groups in total. The zero-order chi connectivity index (χ0) is 12.4. The van der Waals surface area contributed by atoms with Crippen LogP contribution in [0.25, 0.3) is 0 Å². The van der Waals surface area contributed by atoms with Crippen molar-refractivity contribution in [1.29, 1.82) is 0 Å². The van der Waals surface area contributed by atoms with E-state index in [1.807, 2.05) is 20.9 Å². The quantitative estimate of drug-likeness (QED) is 0.508. The van der Waals surface area contributed by atoms with Crippen LogP contribution < -0.4 is 16.0 Å². The number of hydrogen-bond acceptors (Lipinski definition) is 3. The first kappa shape index (κ1) is 14.9. The molecule has 16 heavy (non-hydrogen) atoms. The van der Waals surface area contributed by atoms with Crippen LogP contribution in [0.4, 0.5) is 0 Å². The normalized spacial score (nSPS) is 10.2. The highest BCUT2D eigenvalue weighted by atomic mass is 16.2. The maximum Gasteiger partial charge on any atom is 0.221 e. The Labute approximate surface area is 97.4 Å². The summed E-state index contributed by atoms with van der Waals surface area (Å²) in [5.74, 6) is 0.336. The van der Waals surface area contributed by atoms with E-state index in [-0.39, 0.29) is 11.8 Å². The molecular formula is C11H23N3O2. The summed E-state index contributed by atoms with van der Waals surface area (Å²) in [5, 5.41) is 8.40. The van der Waals surface area contributed by atoms with Gasteiger partial charge in [-0.25, -0.2) is 0 Å². The Kier molecular flexibility index (Phi) is 8.52. The van der Waals surface area contributed by atoms with E-state index in [2.05, 4.69) is 16.0 Å². The van der Waals surface area contributed by atoms with E-state index in [0.29, 0.717) is 31.8 Å². The van der Waals surface area contributed by atoms with Crippen LogP contribution >= 0.6 is 0 Å². The van der Waals surface area contributed by atoms with E-state index >= 15 is 0 Å². The van der Waals surface area contributed by atoms with Gasteiger partial charge in [-0.1, -0.05) is 13.8 Å². The first-order valence-electron chi connectivity index (χ1n) is 5.74. The van der Waals surface area contributed by atoms with E-state index in [1.54, 1.807) is 0 Å². The number of rotatable bonds is 8. The summed E-state index contributed by atoms with van der Waals surface area (Å²) in [7, 11) is 1.83. The third-order valence-corrected chi connectivity index (χ3v) is 1.97. The molecule has 5 heteroatoms. The van der Waals surface area contributed by atoms with Crippen LogP contribution in [-0.2, 0) is 9.59 Å². The van der Waals surface area contributed by atoms with Gasteiger partial charge < -0.3 is 16.0 Å². The number of likely N-dealkylation sites (N-methyl/N-ethyl adjacent to an activating group) is 1. The SMILES string of the molecule is CNCCNC(=O)CCNC(=O)CC(C)C. The van der Waals surface area contributed by atoms with Crippen molar-refractivity contribution >= 4 is 11.8 Å². The molecule has 0 unspecified atom stereocenters. The highest BCUT2D eigenvalue weighted by molar-refractivity contribution is 5.78. The zero-order valence-corrected chi connectivity index (χ0v) is 10.4. The van der Waals surface area contributed by atoms with Gasteiger partial charge in [-0.3, -0.25) is 9.59 Å². The molecular weight excluding hydrogens is 206 g/mol. The second-order valence-corrected chi connectivity index (χ2v) is 4.15. The fourth-order valence-corrected chi connectivity index (χ4v) is 1.17. The number of nitrogens with one attached hydrogen (secondary N) is 3. The molecule has 0 rings (SSSR count). The van der Waals surface area contributed by atoms with Gasteiger partial charge in [-0.15, -0.1) is 0 Å². The van der Waals surface area contributed by atoms with Gasteiger partial charge in [0.2, 0.25) is 11.8 Å². The molecule has 0 fully saturated rings. The minimum absolute atomic E-state index is 0.0121. The van der Waals surface area contributed by atoms with E-state index < -0.39 is 0 Å². The van der Waals surface area contributed by atoms with E-state index in [4.69, 9.17) is 0 Å². The van der Waals surface area contributed by atoms with Gasteiger partial charge in [-0.2, -0.15) is 0 Å². The fraction of sp³-hybridized carbons (Fsp3) is 0.818. The van der Waals surface area contributed by atoms with Crippen molar-refractivity contribution in [2.24, 2.45) is 5.92 Å². The molecule has 0 spiro atoms. The van der Waals surface area contributed by atoms with Crippen LogP contribution in [0.5, 0.6) is 0 Å². The molecule has 0 aliphatic heterocycles. The molecule has 94 valence electrons. The summed E-state index contributed by atoms with van der Waals surface area (Å²) in [5.41, 5.74) is 0. The Bertz CT molecular complexity index is 217. The number of amides is 2. The Morgan fingerprint density at radius 1 is 1.00 bits per heavy atom. The molecule has 0 saturated carbocycles. The van der Waals surface area contributed by atoms with Crippen LogP contribution in [-0.4, -0.2) is 38.5 Å². The molecule has 0 aromatic heterocycles. The van der Waals surface area contributed by atoms with Gasteiger partial charge in [0.15, 0.2) is 0 Å². The highest BCUT2D eigenvalue weighted by Gasteiger charge is 2.05. The third kappa shape index (κ3) is 9.45. The molecule has 0 aliphatic rings. The summed E-state index contributed by atoms with van der Waals surface area (Å²) >= 11 is 0. The molecule has 5 nitrogen and oxygen atoms in total. The van der Waals surface area contributed by atoms with Crippen LogP contribution in [0, 0.1) is 5.92 Å². The topological polar surface area (TPSA) is 70.2 Å². The number of hydrogen-bond donors (Lipinski definition) is 3. The second-order valence-electron chi connectivity index (χ2n) is 4.15. The van der Waals surface area contributed by atoms with Gasteiger partial charge in [0.1, 0.15) is 0 Å². The van der Waals surface area contributed by atoms with Crippen LogP contribution in [0.2, 0.25) is 0 Å². The van der Waals surface area contributed by atoms with Crippen LogP contribution in [0.1, 0.15) is 26.7 Å². The second kappa shape index (κ2) is 9.15. The van der Waals surface area contributed by atoms with Gasteiger partial charge in [0.25, 0.3) is 0 Å². The monoisotopic (exact) mass is 229 g/mol. The number of carbonyl (C=O) groups is 2. The lowest BCUT2D eigenvalue weighted by Crippen LogP contribution is -2.34. The van der Waals surface area contributed by atoms with Crippen molar-refractivity contribution in [3.05, 3.63) is 0 Å². The lowest BCUT2D eigenvalue weighted by atomic mass is 10.1. The fourth-order valence-electron chi connectivity index (χ4n) is 1.17. The van der Waals surface area contributed by atoms with Crippen molar-refractivity contribution in [1.82, 2.24) is 16.0 Å². The summed E-state index contributed by atoms with van der Waals surface area (Å²) in [6.07, 6.45) is 0.856. The first-order chi connectivity index (χ1) is 7.56. The number of carbonyl (C=O) groups excluding carboxylic acids is 2. The lowest BCUT2D eigenvalue weighted by Gasteiger charge is -2.07. The zero-order valence-electron chi connectivity index (χ0n) is 10.4. The molecule has 2 amide bonds. The van der Waals surface area contributed by atoms with Gasteiger partial charge in [0.05, 0.1) is 0 Å². The average Bonchev–Trinajstić information content (AvgIpc) is 2.17. The minimum Gasteiger partial charge on any atom is -0.356 e. The van der Waals surface area contributed by atoms with Crippen molar-refractivity contribution in [3.63, 3.8) is 0 Å². The maximum atomic E-state index is 11.2. The lowest BCUT2D eigenvalue weighted by molar-refractivity contribution is -0.122. The molecule has 0 heterocycles. The van der Waals surface area contributed by atoms with Crippen molar-refractivity contribution < 1.29 is 9.59 Å². The van der Waals surface area contributed by atoms with Gasteiger partial charge in [0, 0.05) is 32.5 Å². The smallest absolute Gasteiger partial charge is 0.221 e. The van der Waals surface area contributed by atoms with Crippen LogP contribution in [0.15, 0.2) is 0 Å². The standard InChI is InChI=1S/C11H23N3O2/c1-9(2)8-11(16)13-5-4-10(15)14-7-6-12-3/h9,12H,4-8H2,1-3H3,(H,13,16)(H,14,15). The average molecular weight is 229 g/mol. The van der Waals surface area contributed by atoms with E-state index in [9.17, 15) is 9.59 Å². The summed E-state index contributed by atoms with van der Waals surface area (Å²) in [6.45, 7) is 5.77. The Hall–Kier alpha value is -1.10. The van der Waals surface area contributed by atoms with E-state index in [1.165, 1.54) is 0 Å². The van der Waals surface area contributed by atoms with Gasteiger partial charge in [-0.05, 0) is 13.0 Å². The summed E-state index contributed by atoms with van der Waals surface area (Å²) in [4.78, 5) is 22.5. The maximum absolute atomic E-state index is 11.2. The van der Waals surface area contributed by atoms with Crippen molar-refractivity contribution in [3.8, 4) is 0 Å². The van der Waals surface area contributed by atoms with Gasteiger partial charge >= 0.3 is 0 Å². The molecule has 0 radical (unpaired) electrons. The van der Waals surface area contributed by atoms with Crippen molar-refractivity contribution in [2.45, 2.75) is 26.7 Å². The van der Waals surface area contributed by atoms with E-state index in [0.717, 1.165) is 6.54 Å². The van der Waals surface area contributed by atoms with Crippen LogP contribution in [0.3, 0.4) is 0 Å².